The molecule has 2 aromatic heterocycles. The highest BCUT2D eigenvalue weighted by molar-refractivity contribution is 5.79. The van der Waals surface area contributed by atoms with Crippen LogP contribution in [0.4, 0.5) is 0 Å². The topological polar surface area (TPSA) is 58.1 Å². The van der Waals surface area contributed by atoms with Gasteiger partial charge in [0, 0.05) is 0 Å². The molecule has 240 valence electrons. The van der Waals surface area contributed by atoms with E-state index in [1.807, 2.05) is 61.2 Å². The molecule has 2 N–H and O–H groups in total. The number of aromatic hydroxyl groups is 2. The van der Waals surface area contributed by atoms with E-state index in [4.69, 9.17) is 0 Å². The highest BCUT2D eigenvalue weighted by Crippen LogP contribution is 2.35. The zero-order chi connectivity index (χ0) is 33.8. The van der Waals surface area contributed by atoms with Crippen LogP contribution in [-0.4, -0.2) is 19.3 Å². The molecule has 0 fully saturated rings. The first-order chi connectivity index (χ1) is 23.8. The summed E-state index contributed by atoms with van der Waals surface area (Å²) in [5, 5.41) is 22.8. The molecular formula is C43H38N4O2+2. The summed E-state index contributed by atoms with van der Waals surface area (Å²) < 4.78 is 8.48. The number of nitrogens with zero attached hydrogens (tertiary/aromatic N) is 4. The van der Waals surface area contributed by atoms with E-state index in [0.29, 0.717) is 18.0 Å². The molecule has 0 unspecified atom stereocenters. The molecule has 6 aromatic carbocycles. The Morgan fingerprint density at radius 3 is 1.24 bits per heavy atom. The lowest BCUT2D eigenvalue weighted by Gasteiger charge is -2.11. The lowest BCUT2D eigenvalue weighted by atomic mass is 9.95. The van der Waals surface area contributed by atoms with Crippen molar-refractivity contribution in [1.82, 2.24) is 9.13 Å². The van der Waals surface area contributed by atoms with Crippen molar-refractivity contribution >= 4 is 22.1 Å². The van der Waals surface area contributed by atoms with Gasteiger partial charge in [0.15, 0.2) is 44.9 Å². The van der Waals surface area contributed by atoms with Crippen LogP contribution < -0.4 is 9.13 Å². The van der Waals surface area contributed by atoms with E-state index < -0.39 is 0 Å². The van der Waals surface area contributed by atoms with Gasteiger partial charge in [0.25, 0.3) is 12.7 Å². The normalized spacial score (nSPS) is 11.5. The predicted octanol–water partition coefficient (Wildman–Crippen LogP) is 8.63. The molecule has 0 atom stereocenters. The summed E-state index contributed by atoms with van der Waals surface area (Å²) >= 11 is 0. The van der Waals surface area contributed by atoms with Gasteiger partial charge in [0.1, 0.15) is 0 Å². The Labute approximate surface area is 285 Å². The molecule has 0 amide bonds. The van der Waals surface area contributed by atoms with Crippen LogP contribution in [0.15, 0.2) is 134 Å². The van der Waals surface area contributed by atoms with E-state index in [2.05, 4.69) is 119 Å². The Morgan fingerprint density at radius 2 is 0.857 bits per heavy atom. The molecule has 0 aliphatic carbocycles. The molecule has 0 bridgehead atoms. The first kappa shape index (κ1) is 30.2. The second-order valence-corrected chi connectivity index (χ2v) is 13.0. The first-order valence-electron chi connectivity index (χ1n) is 16.6. The maximum atomic E-state index is 11.4. The zero-order valence-corrected chi connectivity index (χ0v) is 28.1. The first-order valence-corrected chi connectivity index (χ1v) is 16.6. The van der Waals surface area contributed by atoms with Crippen LogP contribution in [0.2, 0.25) is 0 Å². The average molecular weight is 643 g/mol. The van der Waals surface area contributed by atoms with Crippen LogP contribution in [0.25, 0.3) is 55.7 Å². The van der Waals surface area contributed by atoms with E-state index in [0.717, 1.165) is 44.3 Å². The molecule has 0 saturated carbocycles. The van der Waals surface area contributed by atoms with Gasteiger partial charge in [0.05, 0.1) is 0 Å². The minimum absolute atomic E-state index is 0.220. The number of benzene rings is 6. The van der Waals surface area contributed by atoms with Crippen molar-refractivity contribution in [3.8, 4) is 45.1 Å². The summed E-state index contributed by atoms with van der Waals surface area (Å²) in [7, 11) is 0. The van der Waals surface area contributed by atoms with Crippen LogP contribution in [0.3, 0.4) is 0 Å². The van der Waals surface area contributed by atoms with E-state index in [1.54, 1.807) is 0 Å². The number of para-hydroxylation sites is 4. The summed E-state index contributed by atoms with van der Waals surface area (Å²) in [6.07, 6.45) is 4.10. The van der Waals surface area contributed by atoms with Gasteiger partial charge in [-0.2, -0.15) is 18.3 Å². The fourth-order valence-corrected chi connectivity index (χ4v) is 7.43. The van der Waals surface area contributed by atoms with Crippen molar-refractivity contribution < 1.29 is 19.3 Å². The number of aryl methyl sites for hydroxylation is 4. The fraction of sp³-hybridized carbons (Fsp3) is 0.116. The third kappa shape index (κ3) is 5.13. The SMILES string of the molecule is Cc1cccc(C)c1-c1ccc(-n2c[n+](C[n+]3cn(-c4ccc(-c5c(C)cccc5C)cc4O)c4ccccc43)c3ccccc32)c(O)c1. The maximum Gasteiger partial charge on any atom is 0.253 e. The molecule has 0 aliphatic rings. The molecule has 6 nitrogen and oxygen atoms in total. The third-order valence-corrected chi connectivity index (χ3v) is 9.73. The summed E-state index contributed by atoms with van der Waals surface area (Å²) in [5.74, 6) is 0.439. The van der Waals surface area contributed by atoms with Gasteiger partial charge in [-0.15, -0.1) is 0 Å². The van der Waals surface area contributed by atoms with Gasteiger partial charge < -0.3 is 10.2 Å². The lowest BCUT2D eigenvalue weighted by molar-refractivity contribution is -0.890. The largest absolute Gasteiger partial charge is 0.504 e. The van der Waals surface area contributed by atoms with Crippen LogP contribution in [0.1, 0.15) is 22.3 Å². The van der Waals surface area contributed by atoms with Crippen molar-refractivity contribution in [2.45, 2.75) is 34.4 Å². The van der Waals surface area contributed by atoms with Crippen LogP contribution >= 0.6 is 0 Å². The molecule has 8 rings (SSSR count). The van der Waals surface area contributed by atoms with E-state index in [1.165, 1.54) is 22.3 Å². The summed E-state index contributed by atoms with van der Waals surface area (Å²) in [6.45, 7) is 8.93. The van der Waals surface area contributed by atoms with Gasteiger partial charge in [-0.1, -0.05) is 60.7 Å². The Bertz CT molecular complexity index is 2340. The zero-order valence-electron chi connectivity index (χ0n) is 28.1. The van der Waals surface area contributed by atoms with Crippen molar-refractivity contribution in [3.63, 3.8) is 0 Å². The molecule has 0 aliphatic heterocycles. The molecule has 2 heterocycles. The molecule has 0 spiro atoms. The molecule has 0 saturated heterocycles. The van der Waals surface area contributed by atoms with Crippen LogP contribution in [0.5, 0.6) is 11.5 Å². The van der Waals surface area contributed by atoms with Gasteiger partial charge >= 0.3 is 0 Å². The van der Waals surface area contributed by atoms with Gasteiger partial charge in [-0.05, 0) is 133 Å². The quantitative estimate of drug-likeness (QED) is 0.179. The monoisotopic (exact) mass is 642 g/mol. The van der Waals surface area contributed by atoms with Crippen LogP contribution in [0, 0.1) is 27.7 Å². The molecular weight excluding hydrogens is 604 g/mol. The third-order valence-electron chi connectivity index (χ3n) is 9.73. The van der Waals surface area contributed by atoms with E-state index >= 15 is 0 Å². The molecule has 0 radical (unpaired) electrons. The maximum absolute atomic E-state index is 11.4. The number of hydrogen-bond donors (Lipinski definition) is 2. The van der Waals surface area contributed by atoms with Crippen molar-refractivity contribution in [2.75, 3.05) is 0 Å². The number of rotatable bonds is 6. The number of phenolic OH excluding ortho intramolecular Hbond substituents is 2. The Balaban J connectivity index is 1.20. The second-order valence-electron chi connectivity index (χ2n) is 13.0. The Hall–Kier alpha value is -6.14. The number of hydrogen-bond acceptors (Lipinski definition) is 2. The Kier molecular flexibility index (Phi) is 7.29. The van der Waals surface area contributed by atoms with E-state index in [-0.39, 0.29) is 11.5 Å². The van der Waals surface area contributed by atoms with E-state index in [9.17, 15) is 10.2 Å². The number of fused-ring (bicyclic) bond motifs is 2. The molecule has 6 heteroatoms. The van der Waals surface area contributed by atoms with Crippen molar-refractivity contribution in [1.29, 1.82) is 0 Å². The standard InChI is InChI=1S/C43H36N4O2/c1-28-11-9-12-29(2)42(28)32-19-21-38(40(48)23-32)46-26-44(34-15-5-7-17-36(34)46)25-45-27-47(37-18-8-6-16-35(37)45)39-22-20-33(24-41(39)49)43-30(3)13-10-14-31(43)4/h5-24,26-27H,25H2,1-4H3/p+2. The predicted molar refractivity (Wildman–Crippen MR) is 195 cm³/mol. The van der Waals surface area contributed by atoms with Crippen molar-refractivity contribution in [2.24, 2.45) is 0 Å². The van der Waals surface area contributed by atoms with Gasteiger partial charge in [-0.25, -0.2) is 0 Å². The minimum Gasteiger partial charge on any atom is -0.504 e. The fourth-order valence-electron chi connectivity index (χ4n) is 7.43. The average Bonchev–Trinajstić information content (AvgIpc) is 3.63. The highest BCUT2D eigenvalue weighted by atomic mass is 16.3. The number of phenols is 2. The smallest absolute Gasteiger partial charge is 0.253 e. The summed E-state index contributed by atoms with van der Waals surface area (Å²) in [6, 6.07) is 40.9. The number of imidazole rings is 2. The summed E-state index contributed by atoms with van der Waals surface area (Å²) in [4.78, 5) is 0. The van der Waals surface area contributed by atoms with Gasteiger partial charge in [0.2, 0.25) is 6.67 Å². The molecule has 8 aromatic rings. The highest BCUT2D eigenvalue weighted by Gasteiger charge is 2.25. The van der Waals surface area contributed by atoms with Gasteiger partial charge in [-0.3, -0.25) is 0 Å². The van der Waals surface area contributed by atoms with Crippen LogP contribution in [-0.2, 0) is 6.67 Å². The Morgan fingerprint density at radius 1 is 0.469 bits per heavy atom. The molecule has 49 heavy (non-hydrogen) atoms. The number of aromatic nitrogens is 4. The second kappa shape index (κ2) is 11.8. The lowest BCUT2D eigenvalue weighted by Crippen LogP contribution is -2.50. The summed E-state index contributed by atoms with van der Waals surface area (Å²) in [5.41, 5.74) is 14.5. The minimum atomic E-state index is 0.220. The van der Waals surface area contributed by atoms with Crippen molar-refractivity contribution in [3.05, 3.63) is 156 Å².